The molecule has 58 valence electrons. The molecule has 0 bridgehead atoms. The molecule has 4 nitrogen and oxygen atoms in total. The number of carbonyl (C=O) groups is 2. The maximum absolute atomic E-state index is 9.00. The van der Waals surface area contributed by atoms with Gasteiger partial charge in [-0.25, -0.2) is 0 Å². The van der Waals surface area contributed by atoms with Gasteiger partial charge in [0.1, 0.15) is 0 Å². The molecule has 0 aliphatic carbocycles. The first-order valence-corrected chi connectivity index (χ1v) is 1.86. The molecular formula is C4H8NiO4. The van der Waals surface area contributed by atoms with Crippen molar-refractivity contribution in [2.24, 2.45) is 0 Å². The summed E-state index contributed by atoms with van der Waals surface area (Å²) in [6.07, 6.45) is 0. The van der Waals surface area contributed by atoms with Crippen LogP contribution in [0.4, 0.5) is 0 Å². The Labute approximate surface area is 62.8 Å². The van der Waals surface area contributed by atoms with Gasteiger partial charge in [0.25, 0.3) is 11.9 Å². The number of carboxylic acid groups (broad SMARTS) is 2. The van der Waals surface area contributed by atoms with Crippen LogP contribution in [0.15, 0.2) is 0 Å². The molecule has 0 radical (unpaired) electrons. The Bertz CT molecular complexity index is 70.6. The van der Waals surface area contributed by atoms with Crippen molar-refractivity contribution < 1.29 is 36.3 Å². The molecule has 0 fully saturated rings. The van der Waals surface area contributed by atoms with Crippen LogP contribution >= 0.6 is 0 Å². The fraction of sp³-hybridized carbons (Fsp3) is 0.500. The van der Waals surface area contributed by atoms with Crippen molar-refractivity contribution in [3.05, 3.63) is 0 Å². The molecule has 0 atom stereocenters. The van der Waals surface area contributed by atoms with Crippen molar-refractivity contribution in [2.45, 2.75) is 13.8 Å². The number of hydrogen-bond donors (Lipinski definition) is 2. The summed E-state index contributed by atoms with van der Waals surface area (Å²) < 4.78 is 0. The number of carboxylic acids is 2. The summed E-state index contributed by atoms with van der Waals surface area (Å²) in [5.41, 5.74) is 0. The number of hydrogen-bond acceptors (Lipinski definition) is 2. The zero-order valence-electron chi connectivity index (χ0n) is 5.03. The third-order valence-electron chi connectivity index (χ3n) is 0. The molecule has 0 amide bonds. The molecular weight excluding hydrogens is 171 g/mol. The third kappa shape index (κ3) is 684. The molecule has 0 aliphatic rings. The van der Waals surface area contributed by atoms with Gasteiger partial charge in [0.15, 0.2) is 0 Å². The van der Waals surface area contributed by atoms with Crippen LogP contribution in [0.25, 0.3) is 0 Å². The van der Waals surface area contributed by atoms with Gasteiger partial charge in [-0.2, -0.15) is 0 Å². The zero-order valence-corrected chi connectivity index (χ0v) is 6.01. The average Bonchev–Trinajstić information content (AvgIpc) is 1.25. The van der Waals surface area contributed by atoms with Crippen LogP contribution < -0.4 is 0 Å². The summed E-state index contributed by atoms with van der Waals surface area (Å²) in [7, 11) is 0. The zero-order chi connectivity index (χ0) is 7.15. The van der Waals surface area contributed by atoms with Crippen LogP contribution in [0.1, 0.15) is 13.8 Å². The minimum absolute atomic E-state index is 0. The second-order valence-corrected chi connectivity index (χ2v) is 1.04. The smallest absolute Gasteiger partial charge is 0.300 e. The molecule has 0 saturated heterocycles. The largest absolute Gasteiger partial charge is 0.481 e. The van der Waals surface area contributed by atoms with Crippen LogP contribution in [0.2, 0.25) is 0 Å². The topological polar surface area (TPSA) is 74.6 Å². The molecule has 2 N–H and O–H groups in total. The average molecular weight is 179 g/mol. The Hall–Kier alpha value is -0.566. The summed E-state index contributed by atoms with van der Waals surface area (Å²) in [5.74, 6) is -1.67. The first kappa shape index (κ1) is 15.8. The molecule has 0 aromatic carbocycles. The van der Waals surface area contributed by atoms with E-state index in [-0.39, 0.29) is 16.5 Å². The molecule has 0 spiro atoms. The van der Waals surface area contributed by atoms with Gasteiger partial charge in [-0.1, -0.05) is 0 Å². The quantitative estimate of drug-likeness (QED) is 0.520. The fourth-order valence-corrected chi connectivity index (χ4v) is 0. The standard InChI is InChI=1S/2C2H4O2.Ni/c2*1-2(3)4;/h2*1H3,(H,3,4);. The van der Waals surface area contributed by atoms with Crippen molar-refractivity contribution >= 4 is 11.9 Å². The monoisotopic (exact) mass is 178 g/mol. The van der Waals surface area contributed by atoms with Gasteiger partial charge >= 0.3 is 0 Å². The molecule has 0 aromatic heterocycles. The molecule has 0 aliphatic heterocycles. The van der Waals surface area contributed by atoms with Crippen LogP contribution in [0, 0.1) is 0 Å². The van der Waals surface area contributed by atoms with Crippen molar-refractivity contribution in [1.82, 2.24) is 0 Å². The molecule has 0 unspecified atom stereocenters. The van der Waals surface area contributed by atoms with Crippen LogP contribution in [-0.2, 0) is 26.1 Å². The SMILES string of the molecule is CC(=O)O.CC(=O)O.[Ni]. The van der Waals surface area contributed by atoms with Gasteiger partial charge in [0, 0.05) is 30.3 Å². The molecule has 9 heavy (non-hydrogen) atoms. The van der Waals surface area contributed by atoms with E-state index in [0.717, 1.165) is 13.8 Å². The first-order valence-electron chi connectivity index (χ1n) is 1.86. The summed E-state index contributed by atoms with van der Waals surface area (Å²) >= 11 is 0. The van der Waals surface area contributed by atoms with E-state index in [4.69, 9.17) is 19.8 Å². The summed E-state index contributed by atoms with van der Waals surface area (Å²) in [5, 5.41) is 14.8. The Morgan fingerprint density at radius 1 is 1.00 bits per heavy atom. The maximum Gasteiger partial charge on any atom is 0.300 e. The number of aliphatic carboxylic acids is 2. The third-order valence-corrected chi connectivity index (χ3v) is 0. The van der Waals surface area contributed by atoms with Crippen LogP contribution in [0.5, 0.6) is 0 Å². The van der Waals surface area contributed by atoms with Gasteiger partial charge in [-0.05, 0) is 0 Å². The summed E-state index contributed by atoms with van der Waals surface area (Å²) in [4.78, 5) is 18.0. The summed E-state index contributed by atoms with van der Waals surface area (Å²) in [6, 6.07) is 0. The van der Waals surface area contributed by atoms with E-state index in [1.54, 1.807) is 0 Å². The second kappa shape index (κ2) is 10.4. The first-order chi connectivity index (χ1) is 3.46. The molecule has 5 heteroatoms. The van der Waals surface area contributed by atoms with Crippen molar-refractivity contribution in [3.63, 3.8) is 0 Å². The van der Waals surface area contributed by atoms with Crippen molar-refractivity contribution in [1.29, 1.82) is 0 Å². The van der Waals surface area contributed by atoms with Crippen LogP contribution in [-0.4, -0.2) is 22.2 Å². The normalized spacial score (nSPS) is 5.56. The van der Waals surface area contributed by atoms with Gasteiger partial charge in [0.2, 0.25) is 0 Å². The second-order valence-electron chi connectivity index (χ2n) is 1.04. The van der Waals surface area contributed by atoms with Crippen molar-refractivity contribution in [2.75, 3.05) is 0 Å². The Morgan fingerprint density at radius 3 is 1.00 bits per heavy atom. The fourth-order valence-electron chi connectivity index (χ4n) is 0. The van der Waals surface area contributed by atoms with E-state index in [9.17, 15) is 0 Å². The van der Waals surface area contributed by atoms with E-state index >= 15 is 0 Å². The maximum atomic E-state index is 9.00. The molecule has 0 aromatic rings. The van der Waals surface area contributed by atoms with E-state index in [1.165, 1.54) is 0 Å². The van der Waals surface area contributed by atoms with Crippen molar-refractivity contribution in [3.8, 4) is 0 Å². The number of rotatable bonds is 0. The summed E-state index contributed by atoms with van der Waals surface area (Å²) in [6.45, 7) is 2.17. The minimum atomic E-state index is -0.833. The van der Waals surface area contributed by atoms with Gasteiger partial charge < -0.3 is 10.2 Å². The van der Waals surface area contributed by atoms with E-state index in [1.807, 2.05) is 0 Å². The predicted molar refractivity (Wildman–Crippen MR) is 26.6 cm³/mol. The van der Waals surface area contributed by atoms with Crippen LogP contribution in [0.3, 0.4) is 0 Å². The Balaban J connectivity index is -0.0000000720. The Kier molecular flexibility index (Phi) is 18.3. The minimum Gasteiger partial charge on any atom is -0.481 e. The van der Waals surface area contributed by atoms with Gasteiger partial charge in [-0.15, -0.1) is 0 Å². The Morgan fingerprint density at radius 2 is 1.00 bits per heavy atom. The van der Waals surface area contributed by atoms with Gasteiger partial charge in [-0.3, -0.25) is 9.59 Å². The predicted octanol–water partition coefficient (Wildman–Crippen LogP) is 0.179. The molecule has 0 saturated carbocycles. The van der Waals surface area contributed by atoms with E-state index in [2.05, 4.69) is 0 Å². The van der Waals surface area contributed by atoms with E-state index in [0.29, 0.717) is 0 Å². The molecule has 0 heterocycles. The van der Waals surface area contributed by atoms with E-state index < -0.39 is 11.9 Å². The molecule has 0 rings (SSSR count). The van der Waals surface area contributed by atoms with Gasteiger partial charge in [0.05, 0.1) is 0 Å².